The largest absolute Gasteiger partial charge is 0.472 e. The van der Waals surface area contributed by atoms with Gasteiger partial charge in [0.15, 0.2) is 12.2 Å². The molecule has 0 radical (unpaired) electrons. The molecule has 0 bridgehead atoms. The van der Waals surface area contributed by atoms with Gasteiger partial charge in [0.2, 0.25) is 0 Å². The van der Waals surface area contributed by atoms with Crippen LogP contribution in [0.1, 0.15) is 440 Å². The number of aliphatic hydroxyl groups excluding tert-OH is 1. The molecule has 0 amide bonds. The van der Waals surface area contributed by atoms with Gasteiger partial charge in [-0.2, -0.15) is 0 Å². The number of carbonyl (C=O) groups is 4. The maximum absolute atomic E-state index is 13.1. The van der Waals surface area contributed by atoms with Gasteiger partial charge >= 0.3 is 39.5 Å². The second kappa shape index (κ2) is 74.5. The monoisotopic (exact) mass is 1490 g/mol. The highest BCUT2D eigenvalue weighted by Crippen LogP contribution is 2.45. The molecule has 102 heavy (non-hydrogen) atoms. The first-order valence-corrected chi connectivity index (χ1v) is 46.0. The zero-order chi connectivity index (χ0) is 74.9. The lowest BCUT2D eigenvalue weighted by molar-refractivity contribution is -0.161. The molecule has 0 heterocycles. The Morgan fingerprint density at radius 3 is 0.745 bits per heavy atom. The highest BCUT2D eigenvalue weighted by molar-refractivity contribution is 7.47. The van der Waals surface area contributed by atoms with Crippen LogP contribution in [0.3, 0.4) is 0 Å². The molecule has 0 saturated carbocycles. The average molecular weight is 1490 g/mol. The van der Waals surface area contributed by atoms with Gasteiger partial charge in [0.25, 0.3) is 0 Å². The van der Waals surface area contributed by atoms with E-state index in [0.717, 1.165) is 95.8 Å². The molecule has 0 fully saturated rings. The third kappa shape index (κ3) is 74.9. The number of hydrogen-bond donors (Lipinski definition) is 3. The van der Waals surface area contributed by atoms with Gasteiger partial charge in [-0.1, -0.05) is 388 Å². The number of hydrogen-bond acceptors (Lipinski definition) is 15. The van der Waals surface area contributed by atoms with E-state index in [1.807, 2.05) is 0 Å². The molecule has 0 aromatic heterocycles. The number of phosphoric ester groups is 2. The molecular formula is C83H162O17P2. The van der Waals surface area contributed by atoms with E-state index in [-0.39, 0.29) is 25.7 Å². The number of esters is 4. The highest BCUT2D eigenvalue weighted by atomic mass is 31.2. The van der Waals surface area contributed by atoms with Crippen molar-refractivity contribution < 1.29 is 80.2 Å². The second-order valence-corrected chi connectivity index (χ2v) is 33.5. The molecule has 0 saturated heterocycles. The third-order valence-corrected chi connectivity index (χ3v) is 21.7. The standard InChI is InChI=1S/C83H162O17P2/c1-7-10-12-14-16-18-19-20-21-22-23-24-25-26-30-33-36-39-43-47-54-60-66-81(86)94-71-78(99-82(87)67-61-55-48-44-40-37-34-31-28-27-29-32-35-38-42-45-52-58-64-76(6)9-3)73-97-101(89,90)95-69-77(84)70-96-102(91,92)98-74-79(100-83(88)68-62-56-50-49-51-57-63-75(4)5)72-93-80(85)65-59-53-46-41-17-15-13-11-8-2/h75-79,84H,7-74H2,1-6H3,(H,89,90)(H,91,92)/t76?,77-,78-,79-/m1/s1. The van der Waals surface area contributed by atoms with Gasteiger partial charge in [0.05, 0.1) is 26.4 Å². The number of rotatable bonds is 82. The van der Waals surface area contributed by atoms with Crippen molar-refractivity contribution in [2.45, 2.75) is 458 Å². The van der Waals surface area contributed by atoms with Crippen molar-refractivity contribution in [2.75, 3.05) is 39.6 Å². The van der Waals surface area contributed by atoms with Gasteiger partial charge in [-0.3, -0.25) is 37.3 Å². The minimum Gasteiger partial charge on any atom is -0.462 e. The molecule has 0 aliphatic heterocycles. The van der Waals surface area contributed by atoms with Crippen LogP contribution >= 0.6 is 15.6 Å². The van der Waals surface area contributed by atoms with Gasteiger partial charge in [0.1, 0.15) is 19.3 Å². The van der Waals surface area contributed by atoms with E-state index in [2.05, 4.69) is 41.5 Å². The first kappa shape index (κ1) is 100. The summed E-state index contributed by atoms with van der Waals surface area (Å²) < 4.78 is 68.6. The van der Waals surface area contributed by atoms with Crippen LogP contribution in [-0.2, 0) is 65.4 Å². The molecule has 6 atom stereocenters. The summed E-state index contributed by atoms with van der Waals surface area (Å²) >= 11 is 0. The van der Waals surface area contributed by atoms with Gasteiger partial charge in [-0.05, 0) is 37.5 Å². The lowest BCUT2D eigenvalue weighted by Crippen LogP contribution is -2.30. The van der Waals surface area contributed by atoms with Crippen LogP contribution in [-0.4, -0.2) is 96.7 Å². The van der Waals surface area contributed by atoms with Crippen LogP contribution in [0.4, 0.5) is 0 Å². The molecule has 0 aromatic rings. The number of carbonyl (C=O) groups excluding carboxylic acids is 4. The molecule has 3 unspecified atom stereocenters. The normalized spacial score (nSPS) is 14.1. The smallest absolute Gasteiger partial charge is 0.462 e. The Morgan fingerprint density at radius 1 is 0.284 bits per heavy atom. The fourth-order valence-corrected chi connectivity index (χ4v) is 14.4. The summed E-state index contributed by atoms with van der Waals surface area (Å²) in [7, 11) is -9.91. The van der Waals surface area contributed by atoms with E-state index in [4.69, 9.17) is 37.0 Å². The molecule has 19 heteroatoms. The van der Waals surface area contributed by atoms with Gasteiger partial charge < -0.3 is 33.8 Å². The van der Waals surface area contributed by atoms with Crippen molar-refractivity contribution in [1.82, 2.24) is 0 Å². The molecule has 0 aromatic carbocycles. The first-order chi connectivity index (χ1) is 49.4. The summed E-state index contributed by atoms with van der Waals surface area (Å²) in [6.07, 6.45) is 65.7. The van der Waals surface area contributed by atoms with Crippen LogP contribution in [0.15, 0.2) is 0 Å². The van der Waals surface area contributed by atoms with Crippen molar-refractivity contribution in [3.8, 4) is 0 Å². The van der Waals surface area contributed by atoms with E-state index in [1.54, 1.807) is 0 Å². The maximum Gasteiger partial charge on any atom is 0.472 e. The minimum atomic E-state index is -4.96. The zero-order valence-electron chi connectivity index (χ0n) is 66.9. The predicted octanol–water partition coefficient (Wildman–Crippen LogP) is 25.1. The van der Waals surface area contributed by atoms with Crippen LogP contribution in [0.25, 0.3) is 0 Å². The van der Waals surface area contributed by atoms with Crippen molar-refractivity contribution in [2.24, 2.45) is 11.8 Å². The molecular weight excluding hydrogens is 1330 g/mol. The van der Waals surface area contributed by atoms with Crippen molar-refractivity contribution in [3.05, 3.63) is 0 Å². The quantitative estimate of drug-likeness (QED) is 0.0222. The number of aliphatic hydroxyl groups is 1. The lowest BCUT2D eigenvalue weighted by atomic mass is 9.99. The van der Waals surface area contributed by atoms with E-state index >= 15 is 0 Å². The SMILES string of the molecule is CCCCCCCCCCCCCCCCCCCCCCCCC(=O)OC[C@H](COP(=O)(O)OC[C@@H](O)COP(=O)(O)OC[C@@H](COC(=O)CCCCCCCCCCC)OC(=O)CCCCCCCCC(C)C)OC(=O)CCCCCCCCCCCCCCCCCCCCC(C)CC. The minimum absolute atomic E-state index is 0.102. The van der Waals surface area contributed by atoms with Crippen LogP contribution in [0.2, 0.25) is 0 Å². The predicted molar refractivity (Wildman–Crippen MR) is 418 cm³/mol. The zero-order valence-corrected chi connectivity index (χ0v) is 68.7. The molecule has 0 rings (SSSR count). The van der Waals surface area contributed by atoms with Crippen molar-refractivity contribution in [1.29, 1.82) is 0 Å². The molecule has 606 valence electrons. The van der Waals surface area contributed by atoms with Crippen LogP contribution in [0, 0.1) is 11.8 Å². The fourth-order valence-electron chi connectivity index (χ4n) is 12.9. The first-order valence-electron chi connectivity index (χ1n) is 43.0. The Hall–Kier alpha value is -1.94. The maximum atomic E-state index is 13.1. The Labute approximate surface area is 626 Å². The summed E-state index contributed by atoms with van der Waals surface area (Å²) in [5.41, 5.74) is 0. The Bertz CT molecular complexity index is 1960. The van der Waals surface area contributed by atoms with E-state index in [9.17, 15) is 43.2 Å². The van der Waals surface area contributed by atoms with Crippen molar-refractivity contribution >= 4 is 39.5 Å². The summed E-state index contributed by atoms with van der Waals surface area (Å²) in [5, 5.41) is 10.6. The van der Waals surface area contributed by atoms with E-state index < -0.39 is 97.5 Å². The molecule has 17 nitrogen and oxygen atoms in total. The lowest BCUT2D eigenvalue weighted by Gasteiger charge is -2.21. The molecule has 3 N–H and O–H groups in total. The highest BCUT2D eigenvalue weighted by Gasteiger charge is 2.30. The third-order valence-electron chi connectivity index (χ3n) is 19.8. The topological polar surface area (TPSA) is 237 Å². The van der Waals surface area contributed by atoms with Crippen molar-refractivity contribution in [3.63, 3.8) is 0 Å². The number of ether oxygens (including phenoxy) is 4. The summed E-state index contributed by atoms with van der Waals surface area (Å²) in [6, 6.07) is 0. The Balaban J connectivity index is 5.13. The second-order valence-electron chi connectivity index (χ2n) is 30.6. The molecule has 0 aliphatic carbocycles. The number of phosphoric acid groups is 2. The Kier molecular flexibility index (Phi) is 73.1. The van der Waals surface area contributed by atoms with Gasteiger partial charge in [-0.25, -0.2) is 9.13 Å². The number of unbranched alkanes of at least 4 members (excludes halogenated alkanes) is 51. The summed E-state index contributed by atoms with van der Waals surface area (Å²) in [4.78, 5) is 72.9. The van der Waals surface area contributed by atoms with Crippen LogP contribution < -0.4 is 0 Å². The average Bonchev–Trinajstić information content (AvgIpc) is 0.921. The van der Waals surface area contributed by atoms with Crippen LogP contribution in [0.5, 0.6) is 0 Å². The Morgan fingerprint density at radius 2 is 0.500 bits per heavy atom. The van der Waals surface area contributed by atoms with Gasteiger partial charge in [0, 0.05) is 25.7 Å². The van der Waals surface area contributed by atoms with E-state index in [0.29, 0.717) is 31.6 Å². The fraction of sp³-hybridized carbons (Fsp3) is 0.952. The molecule has 0 spiro atoms. The molecule has 0 aliphatic rings. The summed E-state index contributed by atoms with van der Waals surface area (Å²) in [5.74, 6) is -0.575. The van der Waals surface area contributed by atoms with E-state index in [1.165, 1.54) is 257 Å². The van der Waals surface area contributed by atoms with Gasteiger partial charge in [-0.15, -0.1) is 0 Å². The summed E-state index contributed by atoms with van der Waals surface area (Å²) in [6.45, 7) is 9.59.